The highest BCUT2D eigenvalue weighted by Crippen LogP contribution is 2.45. The molecule has 0 saturated heterocycles. The Hall–Kier alpha value is -4.46. The molecule has 3 aromatic rings. The zero-order valence-corrected chi connectivity index (χ0v) is 18.4. The molecule has 2 aliphatic rings. The van der Waals surface area contributed by atoms with Crippen LogP contribution in [-0.4, -0.2) is 35.1 Å². The Morgan fingerprint density at radius 2 is 1.50 bits per heavy atom. The number of fused-ring (bicyclic) bond motifs is 5. The van der Waals surface area contributed by atoms with Gasteiger partial charge in [0.15, 0.2) is 0 Å². The topological polar surface area (TPSA) is 98.8 Å². The van der Waals surface area contributed by atoms with Gasteiger partial charge in [-0.3, -0.25) is 24.1 Å². The van der Waals surface area contributed by atoms with E-state index in [4.69, 9.17) is 0 Å². The molecular formula is C26H22N4O4. The zero-order valence-electron chi connectivity index (χ0n) is 18.4. The van der Waals surface area contributed by atoms with Gasteiger partial charge in [0, 0.05) is 42.4 Å². The van der Waals surface area contributed by atoms with Crippen LogP contribution in [0.4, 0.5) is 17.1 Å². The van der Waals surface area contributed by atoms with Crippen LogP contribution in [-0.2, 0) is 9.59 Å². The second kappa shape index (κ2) is 8.47. The van der Waals surface area contributed by atoms with Crippen molar-refractivity contribution >= 4 is 40.7 Å². The quantitative estimate of drug-likeness (QED) is 0.613. The number of hydrogen-bond donors (Lipinski definition) is 2. The number of nitrogens with zero attached hydrogens (tertiary/aromatic N) is 2. The third-order valence-corrected chi connectivity index (χ3v) is 5.93. The third-order valence-electron chi connectivity index (χ3n) is 5.93. The summed E-state index contributed by atoms with van der Waals surface area (Å²) in [5.74, 6) is -0.870. The summed E-state index contributed by atoms with van der Waals surface area (Å²) in [4.78, 5) is 53.8. The summed E-state index contributed by atoms with van der Waals surface area (Å²) < 4.78 is 0. The number of hydrogen-bond acceptors (Lipinski definition) is 4. The SMILES string of the molecule is CC(=O)Nc1cccc(NC(=O)CCN2C(=O)c3ccccc3N3C(=O)c4ccccc4C23)c1. The monoisotopic (exact) mass is 454 g/mol. The molecule has 0 fully saturated rings. The first-order valence-corrected chi connectivity index (χ1v) is 10.9. The molecule has 1 unspecified atom stereocenters. The summed E-state index contributed by atoms with van der Waals surface area (Å²) in [7, 11) is 0. The molecule has 3 aromatic carbocycles. The van der Waals surface area contributed by atoms with Crippen LogP contribution in [0.25, 0.3) is 0 Å². The second-order valence-electron chi connectivity index (χ2n) is 8.21. The highest BCUT2D eigenvalue weighted by molar-refractivity contribution is 6.16. The van der Waals surface area contributed by atoms with Gasteiger partial charge in [-0.1, -0.05) is 36.4 Å². The van der Waals surface area contributed by atoms with Gasteiger partial charge in [0.2, 0.25) is 11.8 Å². The van der Waals surface area contributed by atoms with Gasteiger partial charge in [0.25, 0.3) is 11.8 Å². The van der Waals surface area contributed by atoms with E-state index in [1.165, 1.54) is 6.92 Å². The minimum Gasteiger partial charge on any atom is -0.326 e. The van der Waals surface area contributed by atoms with Crippen LogP contribution < -0.4 is 15.5 Å². The number of carbonyl (C=O) groups excluding carboxylic acids is 4. The fourth-order valence-electron chi connectivity index (χ4n) is 4.52. The predicted molar refractivity (Wildman–Crippen MR) is 127 cm³/mol. The Kier molecular flexibility index (Phi) is 5.33. The number of amides is 4. The van der Waals surface area contributed by atoms with Crippen LogP contribution in [0.3, 0.4) is 0 Å². The predicted octanol–water partition coefficient (Wildman–Crippen LogP) is 3.79. The molecule has 8 heteroatoms. The standard InChI is InChI=1S/C26H22N4O4/c1-16(31)27-17-7-6-8-18(15-17)28-23(32)13-14-29-24-19-9-2-3-10-20(19)26(34)30(24)22-12-5-4-11-21(22)25(29)33/h2-12,15,24H,13-14H2,1H3,(H,27,31)(H,28,32). The number of carbonyl (C=O) groups is 4. The highest BCUT2D eigenvalue weighted by Gasteiger charge is 2.47. The Bertz CT molecular complexity index is 1340. The van der Waals surface area contributed by atoms with E-state index in [2.05, 4.69) is 10.6 Å². The molecule has 8 nitrogen and oxygen atoms in total. The van der Waals surface area contributed by atoms with Crippen molar-refractivity contribution in [2.45, 2.75) is 19.5 Å². The maximum atomic E-state index is 13.4. The minimum absolute atomic E-state index is 0.0406. The van der Waals surface area contributed by atoms with Gasteiger partial charge in [0.1, 0.15) is 6.17 Å². The molecule has 5 rings (SSSR count). The van der Waals surface area contributed by atoms with Crippen molar-refractivity contribution in [1.29, 1.82) is 0 Å². The minimum atomic E-state index is -0.595. The first kappa shape index (κ1) is 21.4. The number of anilines is 3. The first-order chi connectivity index (χ1) is 16.4. The van der Waals surface area contributed by atoms with Crippen molar-refractivity contribution in [1.82, 2.24) is 4.90 Å². The van der Waals surface area contributed by atoms with Gasteiger partial charge in [-0.15, -0.1) is 0 Å². The van der Waals surface area contributed by atoms with E-state index in [9.17, 15) is 19.2 Å². The Morgan fingerprint density at radius 3 is 2.26 bits per heavy atom. The molecule has 2 N–H and O–H groups in total. The number of rotatable bonds is 5. The second-order valence-corrected chi connectivity index (χ2v) is 8.21. The van der Waals surface area contributed by atoms with E-state index in [0.29, 0.717) is 28.2 Å². The summed E-state index contributed by atoms with van der Waals surface area (Å²) in [5, 5.41) is 5.48. The van der Waals surface area contributed by atoms with Gasteiger partial charge in [-0.2, -0.15) is 0 Å². The van der Waals surface area contributed by atoms with Crippen LogP contribution in [0.5, 0.6) is 0 Å². The normalized spacial score (nSPS) is 16.0. The average molecular weight is 454 g/mol. The van der Waals surface area contributed by atoms with Crippen molar-refractivity contribution in [2.24, 2.45) is 0 Å². The molecule has 0 aromatic heterocycles. The van der Waals surface area contributed by atoms with Crippen LogP contribution in [0, 0.1) is 0 Å². The van der Waals surface area contributed by atoms with E-state index >= 15 is 0 Å². The molecule has 4 amide bonds. The van der Waals surface area contributed by atoms with Crippen LogP contribution in [0.2, 0.25) is 0 Å². The van der Waals surface area contributed by atoms with Gasteiger partial charge in [-0.25, -0.2) is 0 Å². The van der Waals surface area contributed by atoms with Gasteiger partial charge in [-0.05, 0) is 36.4 Å². The lowest BCUT2D eigenvalue weighted by Gasteiger charge is -2.40. The number of benzene rings is 3. The smallest absolute Gasteiger partial charge is 0.260 e. The van der Waals surface area contributed by atoms with Crippen LogP contribution in [0.15, 0.2) is 72.8 Å². The van der Waals surface area contributed by atoms with E-state index in [-0.39, 0.29) is 36.6 Å². The van der Waals surface area contributed by atoms with Crippen molar-refractivity contribution in [2.75, 3.05) is 22.1 Å². The lowest BCUT2D eigenvalue weighted by Crippen LogP contribution is -2.48. The molecular weight excluding hydrogens is 432 g/mol. The molecule has 0 spiro atoms. The summed E-state index contributed by atoms with van der Waals surface area (Å²) in [6, 6.07) is 21.1. The molecule has 2 aliphatic heterocycles. The maximum absolute atomic E-state index is 13.4. The molecule has 0 saturated carbocycles. The van der Waals surface area contributed by atoms with Crippen molar-refractivity contribution in [3.8, 4) is 0 Å². The summed E-state index contributed by atoms with van der Waals surface area (Å²) >= 11 is 0. The largest absolute Gasteiger partial charge is 0.326 e. The van der Waals surface area contributed by atoms with E-state index in [0.717, 1.165) is 5.56 Å². The molecule has 170 valence electrons. The van der Waals surface area contributed by atoms with E-state index in [1.54, 1.807) is 70.5 Å². The molecule has 1 atom stereocenters. The van der Waals surface area contributed by atoms with Gasteiger partial charge < -0.3 is 15.5 Å². The zero-order chi connectivity index (χ0) is 23.8. The lowest BCUT2D eigenvalue weighted by atomic mass is 10.0. The third kappa shape index (κ3) is 3.69. The first-order valence-electron chi connectivity index (χ1n) is 10.9. The van der Waals surface area contributed by atoms with Crippen LogP contribution in [0.1, 0.15) is 45.8 Å². The van der Waals surface area contributed by atoms with Crippen LogP contribution >= 0.6 is 0 Å². The summed E-state index contributed by atoms with van der Waals surface area (Å²) in [6.45, 7) is 1.54. The van der Waals surface area contributed by atoms with Crippen molar-refractivity contribution < 1.29 is 19.2 Å². The highest BCUT2D eigenvalue weighted by atomic mass is 16.2. The summed E-state index contributed by atoms with van der Waals surface area (Å²) in [5.41, 5.74) is 3.43. The average Bonchev–Trinajstić information content (AvgIpc) is 3.12. The Morgan fingerprint density at radius 1 is 0.824 bits per heavy atom. The lowest BCUT2D eigenvalue weighted by molar-refractivity contribution is -0.116. The Labute approximate surface area is 196 Å². The molecule has 0 radical (unpaired) electrons. The molecule has 0 aliphatic carbocycles. The van der Waals surface area contributed by atoms with Gasteiger partial charge in [0.05, 0.1) is 11.3 Å². The van der Waals surface area contributed by atoms with E-state index < -0.39 is 6.17 Å². The fourth-order valence-corrected chi connectivity index (χ4v) is 4.52. The fraction of sp³-hybridized carbons (Fsp3) is 0.154. The molecule has 34 heavy (non-hydrogen) atoms. The molecule has 2 heterocycles. The van der Waals surface area contributed by atoms with Crippen molar-refractivity contribution in [3.63, 3.8) is 0 Å². The maximum Gasteiger partial charge on any atom is 0.260 e. The Balaban J connectivity index is 1.38. The van der Waals surface area contributed by atoms with Gasteiger partial charge >= 0.3 is 0 Å². The van der Waals surface area contributed by atoms with E-state index in [1.807, 2.05) is 12.1 Å². The summed E-state index contributed by atoms with van der Waals surface area (Å²) in [6.07, 6.45) is -0.555. The number of nitrogens with one attached hydrogen (secondary N) is 2. The molecule has 0 bridgehead atoms. The number of para-hydroxylation sites is 1. The van der Waals surface area contributed by atoms with Crippen molar-refractivity contribution in [3.05, 3.63) is 89.5 Å².